The maximum atomic E-state index is 5.57. The Bertz CT molecular complexity index is 358. The Hall–Kier alpha value is -0.840. The third-order valence-electron chi connectivity index (χ3n) is 3.34. The molecule has 0 aromatic carbocycles. The summed E-state index contributed by atoms with van der Waals surface area (Å²) in [5.41, 5.74) is 1.31. The SMILES string of the molecule is CN(C)CCN(C)Cc1ccoc1CNC1CC1. The molecule has 1 aliphatic rings. The monoisotopic (exact) mass is 251 g/mol. The van der Waals surface area contributed by atoms with Crippen LogP contribution in [0.15, 0.2) is 16.7 Å². The van der Waals surface area contributed by atoms with Gasteiger partial charge < -0.3 is 19.5 Å². The van der Waals surface area contributed by atoms with Crippen LogP contribution >= 0.6 is 0 Å². The number of nitrogens with zero attached hydrogens (tertiary/aromatic N) is 2. The molecule has 1 aromatic heterocycles. The summed E-state index contributed by atoms with van der Waals surface area (Å²) in [4.78, 5) is 4.55. The van der Waals surface area contributed by atoms with Crippen molar-refractivity contribution >= 4 is 0 Å². The molecule has 2 rings (SSSR count). The van der Waals surface area contributed by atoms with Crippen LogP contribution in [0.1, 0.15) is 24.2 Å². The van der Waals surface area contributed by atoms with E-state index in [4.69, 9.17) is 4.42 Å². The highest BCUT2D eigenvalue weighted by molar-refractivity contribution is 5.17. The van der Waals surface area contributed by atoms with Crippen molar-refractivity contribution in [1.82, 2.24) is 15.1 Å². The summed E-state index contributed by atoms with van der Waals surface area (Å²) in [6.45, 7) is 4.00. The Kier molecular flexibility index (Phi) is 4.80. The molecule has 1 heterocycles. The predicted molar refractivity (Wildman–Crippen MR) is 73.5 cm³/mol. The molecule has 0 amide bonds. The number of hydrogen-bond donors (Lipinski definition) is 1. The molecule has 1 fully saturated rings. The molecular formula is C14H25N3O. The van der Waals surface area contributed by atoms with Gasteiger partial charge in [-0.25, -0.2) is 0 Å². The first-order valence-corrected chi connectivity index (χ1v) is 6.77. The summed E-state index contributed by atoms with van der Waals surface area (Å²) in [7, 11) is 6.38. The van der Waals surface area contributed by atoms with Crippen molar-refractivity contribution in [2.45, 2.75) is 32.0 Å². The van der Waals surface area contributed by atoms with Crippen molar-refractivity contribution in [3.8, 4) is 0 Å². The van der Waals surface area contributed by atoms with E-state index in [1.165, 1.54) is 18.4 Å². The predicted octanol–water partition coefficient (Wildman–Crippen LogP) is 1.52. The molecule has 0 spiro atoms. The fourth-order valence-electron chi connectivity index (χ4n) is 1.93. The Balaban J connectivity index is 1.78. The van der Waals surface area contributed by atoms with Gasteiger partial charge in [0.05, 0.1) is 12.8 Å². The lowest BCUT2D eigenvalue weighted by atomic mass is 10.2. The van der Waals surface area contributed by atoms with Gasteiger partial charge in [-0.15, -0.1) is 0 Å². The van der Waals surface area contributed by atoms with Crippen LogP contribution in [-0.2, 0) is 13.1 Å². The highest BCUT2D eigenvalue weighted by Crippen LogP contribution is 2.20. The van der Waals surface area contributed by atoms with Crippen LogP contribution in [0.2, 0.25) is 0 Å². The molecule has 4 heteroatoms. The number of furan rings is 1. The van der Waals surface area contributed by atoms with Crippen LogP contribution in [0.4, 0.5) is 0 Å². The van der Waals surface area contributed by atoms with E-state index in [9.17, 15) is 0 Å². The topological polar surface area (TPSA) is 31.6 Å². The number of hydrogen-bond acceptors (Lipinski definition) is 4. The van der Waals surface area contributed by atoms with E-state index in [0.29, 0.717) is 0 Å². The van der Waals surface area contributed by atoms with Gasteiger partial charge in [-0.2, -0.15) is 0 Å². The van der Waals surface area contributed by atoms with Crippen LogP contribution < -0.4 is 5.32 Å². The molecule has 0 aliphatic heterocycles. The Morgan fingerprint density at radius 2 is 2.06 bits per heavy atom. The van der Waals surface area contributed by atoms with Crippen LogP contribution in [0.5, 0.6) is 0 Å². The van der Waals surface area contributed by atoms with Gasteiger partial charge in [0, 0.05) is 31.2 Å². The Labute approximate surface area is 110 Å². The minimum absolute atomic E-state index is 0.731. The number of likely N-dealkylation sites (N-methyl/N-ethyl adjacent to an activating group) is 2. The zero-order chi connectivity index (χ0) is 13.0. The molecule has 0 bridgehead atoms. The van der Waals surface area contributed by atoms with Gasteiger partial charge in [-0.3, -0.25) is 0 Å². The van der Waals surface area contributed by atoms with Crippen LogP contribution in [-0.4, -0.2) is 50.1 Å². The van der Waals surface area contributed by atoms with Gasteiger partial charge in [0.15, 0.2) is 0 Å². The lowest BCUT2D eigenvalue weighted by molar-refractivity contribution is 0.274. The molecule has 0 saturated heterocycles. The first-order valence-electron chi connectivity index (χ1n) is 6.77. The molecule has 1 aliphatic carbocycles. The summed E-state index contributed by atoms with van der Waals surface area (Å²) in [6.07, 6.45) is 4.44. The standard InChI is InChI=1S/C14H25N3O/c1-16(2)7-8-17(3)11-12-6-9-18-14(12)10-15-13-4-5-13/h6,9,13,15H,4-5,7-8,10-11H2,1-3H3. The summed E-state index contributed by atoms with van der Waals surface area (Å²) in [5.74, 6) is 1.10. The summed E-state index contributed by atoms with van der Waals surface area (Å²) in [5, 5.41) is 3.50. The van der Waals surface area contributed by atoms with Crippen molar-refractivity contribution in [1.29, 1.82) is 0 Å². The minimum atomic E-state index is 0.731. The second-order valence-electron chi connectivity index (χ2n) is 5.57. The zero-order valence-corrected chi connectivity index (χ0v) is 11.8. The molecule has 1 aromatic rings. The van der Waals surface area contributed by atoms with Crippen LogP contribution in [0.25, 0.3) is 0 Å². The van der Waals surface area contributed by atoms with E-state index in [1.807, 2.05) is 0 Å². The molecule has 0 unspecified atom stereocenters. The van der Waals surface area contributed by atoms with E-state index < -0.39 is 0 Å². The Morgan fingerprint density at radius 1 is 1.28 bits per heavy atom. The minimum Gasteiger partial charge on any atom is -0.468 e. The normalized spacial score (nSPS) is 15.8. The zero-order valence-electron chi connectivity index (χ0n) is 11.8. The van der Waals surface area contributed by atoms with Crippen LogP contribution in [0, 0.1) is 0 Å². The third kappa shape index (κ3) is 4.44. The smallest absolute Gasteiger partial charge is 0.122 e. The summed E-state index contributed by atoms with van der Waals surface area (Å²) in [6, 6.07) is 2.82. The molecule has 1 saturated carbocycles. The number of rotatable bonds is 8. The van der Waals surface area contributed by atoms with Crippen molar-refractivity contribution in [2.24, 2.45) is 0 Å². The molecule has 0 radical (unpaired) electrons. The lowest BCUT2D eigenvalue weighted by Gasteiger charge is -2.19. The van der Waals surface area contributed by atoms with Gasteiger partial charge in [-0.1, -0.05) is 0 Å². The highest BCUT2D eigenvalue weighted by Gasteiger charge is 2.21. The van der Waals surface area contributed by atoms with E-state index >= 15 is 0 Å². The van der Waals surface area contributed by atoms with E-state index in [2.05, 4.69) is 42.3 Å². The quantitative estimate of drug-likeness (QED) is 0.759. The van der Waals surface area contributed by atoms with Crippen LogP contribution in [0.3, 0.4) is 0 Å². The fourth-order valence-corrected chi connectivity index (χ4v) is 1.93. The Morgan fingerprint density at radius 3 is 2.72 bits per heavy atom. The van der Waals surface area contributed by atoms with E-state index in [1.54, 1.807) is 6.26 Å². The van der Waals surface area contributed by atoms with E-state index in [-0.39, 0.29) is 0 Å². The van der Waals surface area contributed by atoms with Gasteiger partial charge in [0.25, 0.3) is 0 Å². The lowest BCUT2D eigenvalue weighted by Crippen LogP contribution is -2.28. The van der Waals surface area contributed by atoms with Gasteiger partial charge in [0.1, 0.15) is 5.76 Å². The summed E-state index contributed by atoms with van der Waals surface area (Å²) >= 11 is 0. The largest absolute Gasteiger partial charge is 0.468 e. The highest BCUT2D eigenvalue weighted by atomic mass is 16.3. The van der Waals surface area contributed by atoms with E-state index in [0.717, 1.165) is 38.0 Å². The van der Waals surface area contributed by atoms with Gasteiger partial charge in [0.2, 0.25) is 0 Å². The molecule has 1 N–H and O–H groups in total. The molecule has 18 heavy (non-hydrogen) atoms. The van der Waals surface area contributed by atoms with Crippen molar-refractivity contribution in [3.05, 3.63) is 23.7 Å². The number of nitrogens with one attached hydrogen (secondary N) is 1. The third-order valence-corrected chi connectivity index (χ3v) is 3.34. The average Bonchev–Trinajstić information content (AvgIpc) is 3.05. The molecule has 0 atom stereocenters. The fraction of sp³-hybridized carbons (Fsp3) is 0.714. The molecular weight excluding hydrogens is 226 g/mol. The second-order valence-corrected chi connectivity index (χ2v) is 5.57. The van der Waals surface area contributed by atoms with Crippen molar-refractivity contribution < 1.29 is 4.42 Å². The maximum Gasteiger partial charge on any atom is 0.122 e. The molecule has 102 valence electrons. The maximum absolute atomic E-state index is 5.57. The molecule has 4 nitrogen and oxygen atoms in total. The summed E-state index contributed by atoms with van der Waals surface area (Å²) < 4.78 is 5.57. The van der Waals surface area contributed by atoms with Gasteiger partial charge >= 0.3 is 0 Å². The first kappa shape index (κ1) is 13.6. The van der Waals surface area contributed by atoms with Crippen molar-refractivity contribution in [3.63, 3.8) is 0 Å². The van der Waals surface area contributed by atoms with Gasteiger partial charge in [-0.05, 0) is 40.1 Å². The second kappa shape index (κ2) is 6.36. The van der Waals surface area contributed by atoms with Crippen molar-refractivity contribution in [2.75, 3.05) is 34.2 Å². The first-order chi connectivity index (χ1) is 8.65. The average molecular weight is 251 g/mol.